The average Bonchev–Trinajstić information content (AvgIpc) is 3.57. The highest BCUT2D eigenvalue weighted by Crippen LogP contribution is 2.80. The number of nitrogens with one attached hydrogen (secondary N) is 1. The lowest BCUT2D eigenvalue weighted by Gasteiger charge is -2.42. The molecule has 1 unspecified atom stereocenters. The summed E-state index contributed by atoms with van der Waals surface area (Å²) < 4.78 is 0. The molecule has 3 heteroatoms. The summed E-state index contributed by atoms with van der Waals surface area (Å²) in [5, 5.41) is 3.84. The number of fused-ring (bicyclic) bond motifs is 4. The van der Waals surface area contributed by atoms with Crippen LogP contribution in [0.5, 0.6) is 0 Å². The Bertz CT molecular complexity index is 1730. The summed E-state index contributed by atoms with van der Waals surface area (Å²) in [6, 6.07) is 40.2. The summed E-state index contributed by atoms with van der Waals surface area (Å²) in [5.41, 5.74) is 7.90. The number of hydrogen-bond donors (Lipinski definition) is 1. The molecule has 0 aromatic heterocycles. The largest absolute Gasteiger partial charge is 0.360 e. The van der Waals surface area contributed by atoms with Crippen molar-refractivity contribution in [1.82, 2.24) is 10.2 Å². The van der Waals surface area contributed by atoms with Gasteiger partial charge in [-0.1, -0.05) is 103 Å². The first-order valence-corrected chi connectivity index (χ1v) is 15.7. The Morgan fingerprint density at radius 2 is 1.30 bits per heavy atom. The molecule has 1 atom stereocenters. The van der Waals surface area contributed by atoms with E-state index in [2.05, 4.69) is 156 Å². The average molecular weight is 535 g/mol. The van der Waals surface area contributed by atoms with Crippen LogP contribution in [0.4, 0.5) is 0 Å². The Balaban J connectivity index is 1.31. The molecule has 0 amide bonds. The standard InChI is InChI=1S/C37H30N2S/c1-3-13-28(14-4-1)37-36(38-35-21-11-12-26-39(35)37)27-22-24-30(25-23-27)40(29-15-5-2-6-16-29)33-19-9-7-17-31(33)32-18-8-10-20-34(32)40/h1-22,24,26,35,38H,23,25H2. The minimum atomic E-state index is -1.55. The Hall–Kier alpha value is -4.47. The van der Waals surface area contributed by atoms with Crippen molar-refractivity contribution in [2.45, 2.75) is 33.7 Å². The second kappa shape index (κ2) is 9.32. The highest BCUT2D eigenvalue weighted by molar-refractivity contribution is 8.37. The van der Waals surface area contributed by atoms with Crippen molar-refractivity contribution in [3.8, 4) is 11.1 Å². The zero-order valence-electron chi connectivity index (χ0n) is 22.2. The van der Waals surface area contributed by atoms with Gasteiger partial charge in [-0.2, -0.15) is 0 Å². The fraction of sp³-hybridized carbons (Fsp3) is 0.0811. The summed E-state index contributed by atoms with van der Waals surface area (Å²) in [4.78, 5) is 8.27. The Morgan fingerprint density at radius 3 is 1.98 bits per heavy atom. The molecule has 3 heterocycles. The van der Waals surface area contributed by atoms with E-state index in [1.807, 2.05) is 0 Å². The van der Waals surface area contributed by atoms with Crippen molar-refractivity contribution in [1.29, 1.82) is 0 Å². The molecule has 40 heavy (non-hydrogen) atoms. The van der Waals surface area contributed by atoms with Crippen molar-refractivity contribution in [2.75, 3.05) is 0 Å². The zero-order chi connectivity index (χ0) is 26.5. The van der Waals surface area contributed by atoms with Crippen LogP contribution >= 0.6 is 10.0 Å². The van der Waals surface area contributed by atoms with Crippen LogP contribution in [0.3, 0.4) is 0 Å². The smallest absolute Gasteiger partial charge is 0.123 e. The van der Waals surface area contributed by atoms with E-state index >= 15 is 0 Å². The van der Waals surface area contributed by atoms with Crippen molar-refractivity contribution in [3.05, 3.63) is 168 Å². The van der Waals surface area contributed by atoms with Gasteiger partial charge in [0.2, 0.25) is 0 Å². The quantitative estimate of drug-likeness (QED) is 0.281. The van der Waals surface area contributed by atoms with E-state index in [4.69, 9.17) is 0 Å². The van der Waals surface area contributed by atoms with Gasteiger partial charge in [0, 0.05) is 26.4 Å². The molecule has 3 aliphatic heterocycles. The van der Waals surface area contributed by atoms with Crippen LogP contribution in [0, 0.1) is 0 Å². The van der Waals surface area contributed by atoms with E-state index in [0.29, 0.717) is 0 Å². The van der Waals surface area contributed by atoms with Gasteiger partial charge in [-0.05, 0) is 70.9 Å². The van der Waals surface area contributed by atoms with Crippen LogP contribution in [-0.2, 0) is 0 Å². The van der Waals surface area contributed by atoms with Crippen molar-refractivity contribution < 1.29 is 0 Å². The lowest BCUT2D eigenvalue weighted by molar-refractivity contribution is 0.438. The van der Waals surface area contributed by atoms with E-state index in [1.165, 1.54) is 53.2 Å². The first-order valence-electron chi connectivity index (χ1n) is 14.0. The summed E-state index contributed by atoms with van der Waals surface area (Å²) >= 11 is 0. The zero-order valence-corrected chi connectivity index (χ0v) is 23.0. The maximum absolute atomic E-state index is 3.84. The molecule has 0 saturated carbocycles. The van der Waals surface area contributed by atoms with Gasteiger partial charge in [0.15, 0.2) is 0 Å². The molecule has 1 N–H and O–H groups in total. The van der Waals surface area contributed by atoms with E-state index in [1.54, 1.807) is 0 Å². The fourth-order valence-electron chi connectivity index (χ4n) is 6.73. The minimum absolute atomic E-state index is 0.149. The third-order valence-electron chi connectivity index (χ3n) is 8.43. The predicted octanol–water partition coefficient (Wildman–Crippen LogP) is 9.24. The van der Waals surface area contributed by atoms with Crippen LogP contribution in [0.2, 0.25) is 0 Å². The Labute approximate surface area is 237 Å². The number of allylic oxidation sites excluding steroid dienone is 6. The van der Waals surface area contributed by atoms with Crippen molar-refractivity contribution >= 4 is 15.7 Å². The molecule has 0 bridgehead atoms. The van der Waals surface area contributed by atoms with Gasteiger partial charge in [-0.25, -0.2) is 0 Å². The van der Waals surface area contributed by atoms with Gasteiger partial charge >= 0.3 is 0 Å². The SMILES string of the molecule is C1=CC2NC(C3=CC=C(S4(c5ccccc5)c5ccccc5-c5ccccc54)CC3)=C(c3ccccc3)N2C=C1. The van der Waals surface area contributed by atoms with E-state index in [9.17, 15) is 0 Å². The maximum atomic E-state index is 3.84. The number of hydrogen-bond acceptors (Lipinski definition) is 2. The van der Waals surface area contributed by atoms with E-state index < -0.39 is 10.0 Å². The van der Waals surface area contributed by atoms with Crippen LogP contribution in [-0.4, -0.2) is 11.1 Å². The topological polar surface area (TPSA) is 15.3 Å². The molecule has 4 aliphatic rings. The maximum Gasteiger partial charge on any atom is 0.123 e. The Morgan fingerprint density at radius 1 is 0.650 bits per heavy atom. The summed E-state index contributed by atoms with van der Waals surface area (Å²) in [7, 11) is -1.55. The highest BCUT2D eigenvalue weighted by atomic mass is 32.3. The fourth-order valence-corrected chi connectivity index (χ4v) is 11.2. The third-order valence-corrected chi connectivity index (χ3v) is 12.6. The molecule has 1 aliphatic carbocycles. The second-order valence-corrected chi connectivity index (χ2v) is 13.7. The van der Waals surface area contributed by atoms with Crippen molar-refractivity contribution in [3.63, 3.8) is 0 Å². The van der Waals surface area contributed by atoms with Crippen LogP contribution < -0.4 is 5.32 Å². The number of benzene rings is 4. The monoisotopic (exact) mass is 534 g/mol. The normalized spacial score (nSPS) is 20.7. The molecule has 0 spiro atoms. The van der Waals surface area contributed by atoms with E-state index in [-0.39, 0.29) is 6.17 Å². The Kier molecular flexibility index (Phi) is 5.46. The molecule has 4 aromatic rings. The van der Waals surface area contributed by atoms with Gasteiger partial charge in [0.25, 0.3) is 0 Å². The lowest BCUT2D eigenvalue weighted by Crippen LogP contribution is -2.33. The molecule has 0 saturated heterocycles. The molecular weight excluding hydrogens is 504 g/mol. The molecular formula is C37H30N2S. The van der Waals surface area contributed by atoms with Gasteiger partial charge in [-0.15, -0.1) is 10.0 Å². The molecule has 0 radical (unpaired) electrons. The predicted molar refractivity (Wildman–Crippen MR) is 167 cm³/mol. The van der Waals surface area contributed by atoms with Crippen LogP contribution in [0.25, 0.3) is 16.8 Å². The third kappa shape index (κ3) is 3.38. The van der Waals surface area contributed by atoms with Gasteiger partial charge in [-0.3, -0.25) is 0 Å². The van der Waals surface area contributed by atoms with Crippen molar-refractivity contribution in [2.24, 2.45) is 0 Å². The number of nitrogens with zero attached hydrogens (tertiary/aromatic N) is 1. The molecule has 0 fully saturated rings. The van der Waals surface area contributed by atoms with Crippen LogP contribution in [0.1, 0.15) is 18.4 Å². The van der Waals surface area contributed by atoms with Gasteiger partial charge in [0.1, 0.15) is 6.17 Å². The lowest BCUT2D eigenvalue weighted by atomic mass is 9.98. The first-order chi connectivity index (χ1) is 19.9. The molecule has 194 valence electrons. The highest BCUT2D eigenvalue weighted by Gasteiger charge is 2.43. The van der Waals surface area contributed by atoms with E-state index in [0.717, 1.165) is 12.8 Å². The molecule has 8 rings (SSSR count). The minimum Gasteiger partial charge on any atom is -0.360 e. The molecule has 4 aromatic carbocycles. The summed E-state index contributed by atoms with van der Waals surface area (Å²) in [5.74, 6) is 0. The van der Waals surface area contributed by atoms with Gasteiger partial charge in [0.05, 0.1) is 11.4 Å². The van der Waals surface area contributed by atoms with Gasteiger partial charge < -0.3 is 10.2 Å². The molecule has 2 nitrogen and oxygen atoms in total. The summed E-state index contributed by atoms with van der Waals surface area (Å²) in [6.07, 6.45) is 15.7. The second-order valence-electron chi connectivity index (χ2n) is 10.6. The number of rotatable bonds is 4. The first kappa shape index (κ1) is 23.4. The van der Waals surface area contributed by atoms with Crippen LogP contribution in [0.15, 0.2) is 177 Å². The summed E-state index contributed by atoms with van der Waals surface area (Å²) in [6.45, 7) is 0.